The molecule has 1 aliphatic carbocycles. The molecular weight excluding hydrogens is 330 g/mol. The Morgan fingerprint density at radius 2 is 1.96 bits per heavy atom. The van der Waals surface area contributed by atoms with E-state index in [-0.39, 0.29) is 12.0 Å². The molecule has 1 heterocycles. The quantitative estimate of drug-likeness (QED) is 0.785. The second-order valence-corrected chi connectivity index (χ2v) is 7.89. The first-order chi connectivity index (χ1) is 12.3. The molecular formula is C21H25NO4. The van der Waals surface area contributed by atoms with E-state index in [2.05, 4.69) is 25.5 Å². The van der Waals surface area contributed by atoms with E-state index in [0.29, 0.717) is 11.5 Å². The number of fused-ring (bicyclic) bond motifs is 2. The van der Waals surface area contributed by atoms with Crippen LogP contribution in [0.1, 0.15) is 48.8 Å². The maximum absolute atomic E-state index is 12.8. The van der Waals surface area contributed by atoms with Crippen LogP contribution in [0, 0.1) is 11.3 Å². The van der Waals surface area contributed by atoms with Gasteiger partial charge in [-0.15, -0.1) is 0 Å². The third-order valence-corrected chi connectivity index (χ3v) is 5.24. The zero-order valence-electron chi connectivity index (χ0n) is 15.8. The Balaban J connectivity index is 2.07. The lowest BCUT2D eigenvalue weighted by Gasteiger charge is -2.35. The van der Waals surface area contributed by atoms with E-state index in [0.717, 1.165) is 41.4 Å². The summed E-state index contributed by atoms with van der Waals surface area (Å²) in [6.07, 6.45) is 2.69. The summed E-state index contributed by atoms with van der Waals surface area (Å²) < 4.78 is 9.80. The van der Waals surface area contributed by atoms with Gasteiger partial charge in [0, 0.05) is 11.1 Å². The number of methoxy groups -OCH3 is 1. The molecule has 1 atom stereocenters. The topological polar surface area (TPSA) is 65.5 Å². The molecule has 1 aromatic heterocycles. The fourth-order valence-electron chi connectivity index (χ4n) is 3.62. The van der Waals surface area contributed by atoms with E-state index in [1.807, 2.05) is 24.3 Å². The van der Waals surface area contributed by atoms with Crippen molar-refractivity contribution < 1.29 is 19.1 Å². The van der Waals surface area contributed by atoms with Crippen LogP contribution in [0.2, 0.25) is 0 Å². The molecule has 0 spiro atoms. The van der Waals surface area contributed by atoms with Crippen LogP contribution in [0.5, 0.6) is 0 Å². The van der Waals surface area contributed by atoms with Crippen molar-refractivity contribution in [2.24, 2.45) is 11.3 Å². The number of hydrogen-bond donors (Lipinski definition) is 0. The molecule has 0 N–H and O–H groups in total. The van der Waals surface area contributed by atoms with Gasteiger partial charge in [0.1, 0.15) is 0 Å². The number of aryl methyl sites for hydroxylation is 1. The fraction of sp³-hybridized carbons (Fsp3) is 0.476. The first-order valence-electron chi connectivity index (χ1n) is 8.95. The summed E-state index contributed by atoms with van der Waals surface area (Å²) in [6.45, 7) is 6.30. The minimum atomic E-state index is -0.571. The third kappa shape index (κ3) is 3.57. The largest absolute Gasteiger partial charge is 0.466 e. The molecule has 0 amide bonds. The summed E-state index contributed by atoms with van der Waals surface area (Å²) in [5.74, 6) is -0.594. The Bertz CT molecular complexity index is 851. The number of carbonyl (C=O) groups is 2. The Morgan fingerprint density at radius 1 is 1.23 bits per heavy atom. The van der Waals surface area contributed by atoms with Gasteiger partial charge in [-0.05, 0) is 42.2 Å². The molecule has 5 heteroatoms. The molecule has 0 radical (unpaired) electrons. The van der Waals surface area contributed by atoms with Gasteiger partial charge in [0.05, 0.1) is 18.2 Å². The SMILES string of the molecule is COC(=O)COC(=O)c1c2c(nc3ccccc13)CCC(C(C)(C)C)C2. The highest BCUT2D eigenvalue weighted by molar-refractivity contribution is 6.05. The molecule has 0 fully saturated rings. The normalized spacial score (nSPS) is 16.8. The van der Waals surface area contributed by atoms with Gasteiger partial charge in [-0.1, -0.05) is 39.0 Å². The van der Waals surface area contributed by atoms with Crippen molar-refractivity contribution in [2.75, 3.05) is 13.7 Å². The van der Waals surface area contributed by atoms with E-state index >= 15 is 0 Å². The molecule has 1 aromatic carbocycles. The number of pyridine rings is 1. The van der Waals surface area contributed by atoms with Crippen molar-refractivity contribution in [3.63, 3.8) is 0 Å². The smallest absolute Gasteiger partial charge is 0.344 e. The van der Waals surface area contributed by atoms with Gasteiger partial charge < -0.3 is 9.47 Å². The van der Waals surface area contributed by atoms with Gasteiger partial charge in [0.25, 0.3) is 0 Å². The molecule has 0 saturated carbocycles. The Morgan fingerprint density at radius 3 is 2.65 bits per heavy atom. The number of aromatic nitrogens is 1. The van der Waals surface area contributed by atoms with Gasteiger partial charge in [0.2, 0.25) is 0 Å². The summed E-state index contributed by atoms with van der Waals surface area (Å²) in [7, 11) is 1.27. The van der Waals surface area contributed by atoms with E-state index in [1.165, 1.54) is 7.11 Å². The van der Waals surface area contributed by atoms with E-state index in [4.69, 9.17) is 9.72 Å². The summed E-state index contributed by atoms with van der Waals surface area (Å²) in [5, 5.41) is 0.774. The summed E-state index contributed by atoms with van der Waals surface area (Å²) in [6, 6.07) is 7.59. The van der Waals surface area contributed by atoms with Gasteiger partial charge in [-0.25, -0.2) is 9.59 Å². The number of nitrogens with zero attached hydrogens (tertiary/aromatic N) is 1. The van der Waals surface area contributed by atoms with E-state index < -0.39 is 11.9 Å². The molecule has 2 aromatic rings. The predicted molar refractivity (Wildman–Crippen MR) is 99.0 cm³/mol. The van der Waals surface area contributed by atoms with E-state index in [9.17, 15) is 9.59 Å². The number of carbonyl (C=O) groups excluding carboxylic acids is 2. The number of rotatable bonds is 3. The lowest BCUT2D eigenvalue weighted by molar-refractivity contribution is -0.144. The maximum Gasteiger partial charge on any atom is 0.344 e. The van der Waals surface area contributed by atoms with Crippen molar-refractivity contribution in [3.05, 3.63) is 41.1 Å². The standard InChI is InChI=1S/C21H25NO4/c1-21(2,3)13-9-10-17-15(11-13)19(20(24)26-12-18(23)25-4)14-7-5-6-8-16(14)22-17/h5-8,13H,9-12H2,1-4H3. The maximum atomic E-state index is 12.8. The average molecular weight is 355 g/mol. The molecule has 1 unspecified atom stereocenters. The van der Waals surface area contributed by atoms with Crippen LogP contribution >= 0.6 is 0 Å². The number of hydrogen-bond acceptors (Lipinski definition) is 5. The number of para-hydroxylation sites is 1. The number of benzene rings is 1. The van der Waals surface area contributed by atoms with Crippen LogP contribution in [0.3, 0.4) is 0 Å². The van der Waals surface area contributed by atoms with Crippen molar-refractivity contribution in [1.82, 2.24) is 4.98 Å². The van der Waals surface area contributed by atoms with Gasteiger partial charge >= 0.3 is 11.9 Å². The Labute approximate surface area is 153 Å². The van der Waals surface area contributed by atoms with Crippen LogP contribution in [-0.2, 0) is 27.1 Å². The molecule has 5 nitrogen and oxygen atoms in total. The zero-order valence-corrected chi connectivity index (χ0v) is 15.8. The van der Waals surface area contributed by atoms with Crippen LogP contribution < -0.4 is 0 Å². The molecule has 1 aliphatic rings. The first kappa shape index (κ1) is 18.4. The Hall–Kier alpha value is -2.43. The predicted octanol–water partition coefficient (Wildman–Crippen LogP) is 3.72. The molecule has 0 saturated heterocycles. The molecule has 0 aliphatic heterocycles. The van der Waals surface area contributed by atoms with Crippen LogP contribution in [-0.4, -0.2) is 30.6 Å². The van der Waals surface area contributed by atoms with E-state index in [1.54, 1.807) is 0 Å². The minimum absolute atomic E-state index is 0.149. The first-order valence-corrected chi connectivity index (χ1v) is 8.95. The Kier molecular flexibility index (Phi) is 4.99. The average Bonchev–Trinajstić information content (AvgIpc) is 2.62. The van der Waals surface area contributed by atoms with Gasteiger partial charge in [0.15, 0.2) is 6.61 Å². The minimum Gasteiger partial charge on any atom is -0.466 e. The third-order valence-electron chi connectivity index (χ3n) is 5.24. The molecule has 3 rings (SSSR count). The second-order valence-electron chi connectivity index (χ2n) is 7.89. The van der Waals surface area contributed by atoms with Crippen LogP contribution in [0.15, 0.2) is 24.3 Å². The van der Waals surface area contributed by atoms with Crippen molar-refractivity contribution in [1.29, 1.82) is 0 Å². The highest BCUT2D eigenvalue weighted by atomic mass is 16.6. The van der Waals surface area contributed by atoms with Crippen molar-refractivity contribution in [2.45, 2.75) is 40.0 Å². The molecule has 0 bridgehead atoms. The van der Waals surface area contributed by atoms with Gasteiger partial charge in [-0.3, -0.25) is 4.98 Å². The summed E-state index contributed by atoms with van der Waals surface area (Å²) in [4.78, 5) is 29.0. The monoisotopic (exact) mass is 355 g/mol. The summed E-state index contributed by atoms with van der Waals surface area (Å²) >= 11 is 0. The van der Waals surface area contributed by atoms with Crippen molar-refractivity contribution in [3.8, 4) is 0 Å². The number of ether oxygens (including phenoxy) is 2. The van der Waals surface area contributed by atoms with Crippen LogP contribution in [0.25, 0.3) is 10.9 Å². The van der Waals surface area contributed by atoms with Crippen molar-refractivity contribution >= 4 is 22.8 Å². The highest BCUT2D eigenvalue weighted by Gasteiger charge is 2.33. The summed E-state index contributed by atoms with van der Waals surface area (Å²) in [5.41, 5.74) is 3.41. The lowest BCUT2D eigenvalue weighted by Crippen LogP contribution is -2.29. The highest BCUT2D eigenvalue weighted by Crippen LogP contribution is 2.39. The fourth-order valence-corrected chi connectivity index (χ4v) is 3.62. The lowest BCUT2D eigenvalue weighted by atomic mass is 9.70. The van der Waals surface area contributed by atoms with Crippen LogP contribution in [0.4, 0.5) is 0 Å². The molecule has 138 valence electrons. The number of esters is 2. The second kappa shape index (κ2) is 7.06. The zero-order chi connectivity index (χ0) is 18.9. The molecule has 26 heavy (non-hydrogen) atoms. The van der Waals surface area contributed by atoms with Gasteiger partial charge in [-0.2, -0.15) is 0 Å².